The fourth-order valence-electron chi connectivity index (χ4n) is 3.69. The Hall–Kier alpha value is -2.24. The Morgan fingerprint density at radius 2 is 1.46 bits per heavy atom. The summed E-state index contributed by atoms with van der Waals surface area (Å²) in [6, 6.07) is 6.32. The minimum Gasteiger partial charge on any atom is -0.206 e. The largest absolute Gasteiger partial charge is 0.409 e. The summed E-state index contributed by atoms with van der Waals surface area (Å²) in [5, 5.41) is 0. The molecule has 1 fully saturated rings. The van der Waals surface area contributed by atoms with Crippen LogP contribution < -0.4 is 0 Å². The SMILES string of the molecule is CC1CCC(c2ccc(-c3cc(F)c(C=CC(F)(F)F)c(F)c3)c(F)c2)CC1. The summed E-state index contributed by atoms with van der Waals surface area (Å²) in [6.07, 6.45) is -0.482. The van der Waals surface area contributed by atoms with Crippen LogP contribution in [0.25, 0.3) is 17.2 Å². The number of allylic oxidation sites excluding steroid dienone is 1. The predicted octanol–water partition coefficient (Wildman–Crippen LogP) is 7.64. The van der Waals surface area contributed by atoms with Crippen molar-refractivity contribution in [1.82, 2.24) is 0 Å². The van der Waals surface area contributed by atoms with Crippen molar-refractivity contribution in [1.29, 1.82) is 0 Å². The van der Waals surface area contributed by atoms with E-state index in [1.54, 1.807) is 6.07 Å². The van der Waals surface area contributed by atoms with Gasteiger partial charge in [0.25, 0.3) is 0 Å². The zero-order valence-electron chi connectivity index (χ0n) is 15.3. The summed E-state index contributed by atoms with van der Waals surface area (Å²) in [6.45, 7) is 2.19. The van der Waals surface area contributed by atoms with Crippen molar-refractivity contribution in [2.45, 2.75) is 44.7 Å². The van der Waals surface area contributed by atoms with Crippen molar-refractivity contribution in [2.24, 2.45) is 5.92 Å². The first-order chi connectivity index (χ1) is 13.1. The van der Waals surface area contributed by atoms with Crippen LogP contribution in [0.1, 0.15) is 49.7 Å². The van der Waals surface area contributed by atoms with E-state index in [0.717, 1.165) is 43.4 Å². The van der Waals surface area contributed by atoms with E-state index in [-0.39, 0.29) is 23.1 Å². The van der Waals surface area contributed by atoms with Gasteiger partial charge in [-0.05, 0) is 60.1 Å². The lowest BCUT2D eigenvalue weighted by Gasteiger charge is -2.26. The maximum Gasteiger partial charge on any atom is 0.409 e. The molecule has 28 heavy (non-hydrogen) atoms. The topological polar surface area (TPSA) is 0 Å². The molecule has 0 nitrogen and oxygen atoms in total. The maximum atomic E-state index is 14.6. The zero-order chi connectivity index (χ0) is 20.5. The Bertz CT molecular complexity index is 850. The van der Waals surface area contributed by atoms with Gasteiger partial charge in [0, 0.05) is 17.2 Å². The van der Waals surface area contributed by atoms with E-state index in [4.69, 9.17) is 0 Å². The van der Waals surface area contributed by atoms with Crippen LogP contribution in [0, 0.1) is 23.4 Å². The minimum atomic E-state index is -4.68. The number of hydrogen-bond acceptors (Lipinski definition) is 0. The first-order valence-electron chi connectivity index (χ1n) is 9.19. The van der Waals surface area contributed by atoms with Crippen LogP contribution in [-0.4, -0.2) is 6.18 Å². The van der Waals surface area contributed by atoms with Gasteiger partial charge in [-0.3, -0.25) is 0 Å². The lowest BCUT2D eigenvalue weighted by Crippen LogP contribution is -2.11. The highest BCUT2D eigenvalue weighted by molar-refractivity contribution is 5.67. The van der Waals surface area contributed by atoms with Gasteiger partial charge in [0.1, 0.15) is 17.5 Å². The van der Waals surface area contributed by atoms with Crippen molar-refractivity contribution >= 4 is 6.08 Å². The Morgan fingerprint density at radius 1 is 0.857 bits per heavy atom. The Kier molecular flexibility index (Phi) is 5.87. The highest BCUT2D eigenvalue weighted by Gasteiger charge is 2.24. The average molecular weight is 398 g/mol. The van der Waals surface area contributed by atoms with Gasteiger partial charge in [0.15, 0.2) is 0 Å². The molecule has 0 bridgehead atoms. The summed E-state index contributed by atoms with van der Waals surface area (Å²) in [4.78, 5) is 0. The number of rotatable bonds is 3. The quantitative estimate of drug-likeness (QED) is 0.466. The first-order valence-corrected chi connectivity index (χ1v) is 9.19. The van der Waals surface area contributed by atoms with Gasteiger partial charge in [0.05, 0.1) is 0 Å². The predicted molar refractivity (Wildman–Crippen MR) is 97.2 cm³/mol. The molecule has 0 radical (unpaired) electrons. The number of alkyl halides is 3. The van der Waals surface area contributed by atoms with Gasteiger partial charge < -0.3 is 0 Å². The second kappa shape index (κ2) is 8.02. The van der Waals surface area contributed by atoms with E-state index in [0.29, 0.717) is 12.0 Å². The molecule has 0 aromatic heterocycles. The van der Waals surface area contributed by atoms with E-state index >= 15 is 0 Å². The third-order valence-corrected chi connectivity index (χ3v) is 5.31. The second-order valence-corrected chi connectivity index (χ2v) is 7.42. The second-order valence-electron chi connectivity index (χ2n) is 7.42. The fourth-order valence-corrected chi connectivity index (χ4v) is 3.69. The van der Waals surface area contributed by atoms with Crippen molar-refractivity contribution < 1.29 is 26.3 Å². The Balaban J connectivity index is 1.88. The molecular formula is C22H20F6. The molecule has 0 spiro atoms. The van der Waals surface area contributed by atoms with Crippen molar-refractivity contribution in [2.75, 3.05) is 0 Å². The van der Waals surface area contributed by atoms with Crippen LogP contribution in [0.4, 0.5) is 26.3 Å². The highest BCUT2D eigenvalue weighted by Crippen LogP contribution is 2.37. The summed E-state index contributed by atoms with van der Waals surface area (Å²) < 4.78 is 79.6. The molecule has 150 valence electrons. The van der Waals surface area contributed by atoms with E-state index in [2.05, 4.69) is 6.92 Å². The Morgan fingerprint density at radius 3 is 2.00 bits per heavy atom. The first kappa shape index (κ1) is 20.5. The van der Waals surface area contributed by atoms with Gasteiger partial charge in [-0.25, -0.2) is 13.2 Å². The van der Waals surface area contributed by atoms with Crippen molar-refractivity contribution in [3.63, 3.8) is 0 Å². The van der Waals surface area contributed by atoms with Gasteiger partial charge in [-0.1, -0.05) is 31.9 Å². The van der Waals surface area contributed by atoms with Crippen molar-refractivity contribution in [3.8, 4) is 11.1 Å². The zero-order valence-corrected chi connectivity index (χ0v) is 15.3. The van der Waals surface area contributed by atoms with Crippen LogP contribution in [-0.2, 0) is 0 Å². The average Bonchev–Trinajstić information content (AvgIpc) is 2.60. The Labute approximate surface area is 159 Å². The standard InChI is InChI=1S/C22H20F6/c1-13-2-4-14(5-3-13)15-6-7-17(19(23)10-15)16-11-20(24)18(21(25)12-16)8-9-22(26,27)28/h6-14H,2-5H2,1H3. The number of halogens is 6. The molecule has 0 aliphatic heterocycles. The summed E-state index contributed by atoms with van der Waals surface area (Å²) >= 11 is 0. The van der Waals surface area contributed by atoms with E-state index in [1.807, 2.05) is 0 Å². The van der Waals surface area contributed by atoms with Gasteiger partial charge in [-0.15, -0.1) is 0 Å². The number of hydrogen-bond donors (Lipinski definition) is 0. The molecule has 0 atom stereocenters. The molecule has 1 aliphatic rings. The molecule has 0 saturated heterocycles. The van der Waals surface area contributed by atoms with Crippen LogP contribution in [0.5, 0.6) is 0 Å². The molecule has 0 unspecified atom stereocenters. The molecule has 0 N–H and O–H groups in total. The smallest absolute Gasteiger partial charge is 0.206 e. The highest BCUT2D eigenvalue weighted by atomic mass is 19.4. The summed E-state index contributed by atoms with van der Waals surface area (Å²) in [7, 11) is 0. The summed E-state index contributed by atoms with van der Waals surface area (Å²) in [5.74, 6) is -2.03. The monoisotopic (exact) mass is 398 g/mol. The third kappa shape index (κ3) is 4.78. The maximum absolute atomic E-state index is 14.6. The van der Waals surface area contributed by atoms with Gasteiger partial charge >= 0.3 is 6.18 Å². The molecule has 0 amide bonds. The van der Waals surface area contributed by atoms with Crippen LogP contribution in [0.15, 0.2) is 36.4 Å². The number of benzene rings is 2. The van der Waals surface area contributed by atoms with Crippen molar-refractivity contribution in [3.05, 3.63) is 65.0 Å². The molecular weight excluding hydrogens is 378 g/mol. The van der Waals surface area contributed by atoms with E-state index < -0.39 is 29.2 Å². The molecule has 1 aliphatic carbocycles. The third-order valence-electron chi connectivity index (χ3n) is 5.31. The normalized spacial score (nSPS) is 20.7. The van der Waals surface area contributed by atoms with Crippen LogP contribution >= 0.6 is 0 Å². The lowest BCUT2D eigenvalue weighted by atomic mass is 9.79. The molecule has 2 aromatic carbocycles. The van der Waals surface area contributed by atoms with Gasteiger partial charge in [0.2, 0.25) is 0 Å². The summed E-state index contributed by atoms with van der Waals surface area (Å²) in [5.41, 5.74) is 0.00538. The lowest BCUT2D eigenvalue weighted by molar-refractivity contribution is -0.0790. The van der Waals surface area contributed by atoms with Crippen LogP contribution in [0.2, 0.25) is 0 Å². The minimum absolute atomic E-state index is 0.0112. The molecule has 1 saturated carbocycles. The van der Waals surface area contributed by atoms with Gasteiger partial charge in [-0.2, -0.15) is 13.2 Å². The van der Waals surface area contributed by atoms with Crippen LogP contribution in [0.3, 0.4) is 0 Å². The molecule has 3 rings (SSSR count). The molecule has 6 heteroatoms. The van der Waals surface area contributed by atoms with E-state index in [1.165, 1.54) is 12.1 Å². The van der Waals surface area contributed by atoms with E-state index in [9.17, 15) is 26.3 Å². The molecule has 0 heterocycles. The fraction of sp³-hybridized carbons (Fsp3) is 0.364. The molecule has 2 aromatic rings.